The van der Waals surface area contributed by atoms with Gasteiger partial charge in [-0.2, -0.15) is 0 Å². The molecule has 4 N–H and O–H groups in total. The molecule has 1 saturated heterocycles. The summed E-state index contributed by atoms with van der Waals surface area (Å²) in [5.41, 5.74) is 5.58. The summed E-state index contributed by atoms with van der Waals surface area (Å²) in [5, 5.41) is 16.9. The van der Waals surface area contributed by atoms with Gasteiger partial charge in [-0.1, -0.05) is 0 Å². The van der Waals surface area contributed by atoms with Gasteiger partial charge in [0.1, 0.15) is 5.69 Å². The summed E-state index contributed by atoms with van der Waals surface area (Å²) in [6.45, 7) is 2.49. The van der Waals surface area contributed by atoms with Gasteiger partial charge in [0.05, 0.1) is 4.92 Å². The lowest BCUT2D eigenvalue weighted by atomic mass is 9.99. The topological polar surface area (TPSA) is 110 Å². The average Bonchev–Trinajstić information content (AvgIpc) is 2.46. The van der Waals surface area contributed by atoms with Crippen molar-refractivity contribution in [2.45, 2.75) is 12.8 Å². The van der Waals surface area contributed by atoms with E-state index >= 15 is 0 Å². The number of rotatable bonds is 4. The SMILES string of the molecule is Cl.Nc1ccc(C(=O)NCC2CCCNC2)cc1[N+](=O)[O-]. The van der Waals surface area contributed by atoms with Crippen LogP contribution in [0.5, 0.6) is 0 Å². The highest BCUT2D eigenvalue weighted by Crippen LogP contribution is 2.22. The number of hydrogen-bond acceptors (Lipinski definition) is 5. The Morgan fingerprint density at radius 1 is 1.52 bits per heavy atom. The molecule has 1 aromatic rings. The number of carbonyl (C=O) groups is 1. The quantitative estimate of drug-likeness (QED) is 0.441. The fourth-order valence-corrected chi connectivity index (χ4v) is 2.28. The number of piperidine rings is 1. The molecular formula is C13H19ClN4O3. The predicted octanol–water partition coefficient (Wildman–Crippen LogP) is 1.33. The Morgan fingerprint density at radius 2 is 2.29 bits per heavy atom. The second-order valence-corrected chi connectivity index (χ2v) is 4.95. The van der Waals surface area contributed by atoms with Gasteiger partial charge >= 0.3 is 0 Å². The van der Waals surface area contributed by atoms with Crippen LogP contribution in [0.15, 0.2) is 18.2 Å². The van der Waals surface area contributed by atoms with Crippen molar-refractivity contribution < 1.29 is 9.72 Å². The number of nitro groups is 1. The van der Waals surface area contributed by atoms with Crippen LogP contribution in [0.1, 0.15) is 23.2 Å². The minimum absolute atomic E-state index is 0. The molecule has 0 spiro atoms. The molecule has 116 valence electrons. The van der Waals surface area contributed by atoms with Crippen LogP contribution in [0.25, 0.3) is 0 Å². The van der Waals surface area contributed by atoms with Crippen molar-refractivity contribution in [2.24, 2.45) is 5.92 Å². The summed E-state index contributed by atoms with van der Waals surface area (Å²) >= 11 is 0. The van der Waals surface area contributed by atoms with E-state index in [1.807, 2.05) is 0 Å². The lowest BCUT2D eigenvalue weighted by Crippen LogP contribution is -2.38. The molecule has 1 aliphatic heterocycles. The van der Waals surface area contributed by atoms with Crippen LogP contribution in [0.3, 0.4) is 0 Å². The average molecular weight is 315 g/mol. The van der Waals surface area contributed by atoms with E-state index in [1.165, 1.54) is 18.2 Å². The predicted molar refractivity (Wildman–Crippen MR) is 82.7 cm³/mol. The van der Waals surface area contributed by atoms with Gasteiger partial charge in [0.15, 0.2) is 0 Å². The molecule has 0 bridgehead atoms. The van der Waals surface area contributed by atoms with E-state index in [0.29, 0.717) is 12.5 Å². The monoisotopic (exact) mass is 314 g/mol. The van der Waals surface area contributed by atoms with Gasteiger partial charge < -0.3 is 16.4 Å². The minimum Gasteiger partial charge on any atom is -0.393 e. The van der Waals surface area contributed by atoms with Gasteiger partial charge in [0.2, 0.25) is 0 Å². The maximum atomic E-state index is 12.0. The van der Waals surface area contributed by atoms with Gasteiger partial charge in [-0.25, -0.2) is 0 Å². The molecule has 2 rings (SSSR count). The normalized spacial score (nSPS) is 17.6. The van der Waals surface area contributed by atoms with E-state index in [9.17, 15) is 14.9 Å². The number of amides is 1. The van der Waals surface area contributed by atoms with Crippen LogP contribution in [0, 0.1) is 16.0 Å². The van der Waals surface area contributed by atoms with Crippen molar-refractivity contribution in [3.8, 4) is 0 Å². The summed E-state index contributed by atoms with van der Waals surface area (Å²) in [6.07, 6.45) is 2.18. The number of nitrogens with zero attached hydrogens (tertiary/aromatic N) is 1. The zero-order valence-corrected chi connectivity index (χ0v) is 12.3. The first kappa shape index (κ1) is 17.2. The fraction of sp³-hybridized carbons (Fsp3) is 0.462. The number of carbonyl (C=O) groups excluding carboxylic acids is 1. The van der Waals surface area contributed by atoms with E-state index in [4.69, 9.17) is 5.73 Å². The third-order valence-corrected chi connectivity index (χ3v) is 3.44. The number of hydrogen-bond donors (Lipinski definition) is 3. The summed E-state index contributed by atoms with van der Waals surface area (Å²) in [6, 6.07) is 4.09. The number of nitrogens with one attached hydrogen (secondary N) is 2. The second kappa shape index (κ2) is 7.80. The smallest absolute Gasteiger partial charge is 0.292 e. The number of nitrogens with two attached hydrogens (primary N) is 1. The van der Waals surface area contributed by atoms with Gasteiger partial charge in [0, 0.05) is 18.2 Å². The summed E-state index contributed by atoms with van der Waals surface area (Å²) in [5.74, 6) is 0.107. The van der Waals surface area contributed by atoms with Crippen LogP contribution in [-0.2, 0) is 0 Å². The third kappa shape index (κ3) is 4.57. The molecule has 1 aromatic carbocycles. The van der Waals surface area contributed by atoms with Crippen molar-refractivity contribution >= 4 is 29.7 Å². The largest absolute Gasteiger partial charge is 0.393 e. The van der Waals surface area contributed by atoms with Crippen LogP contribution in [0.4, 0.5) is 11.4 Å². The first-order valence-electron chi connectivity index (χ1n) is 6.60. The van der Waals surface area contributed by atoms with Crippen molar-refractivity contribution in [3.05, 3.63) is 33.9 Å². The summed E-state index contributed by atoms with van der Waals surface area (Å²) in [4.78, 5) is 22.2. The molecular weight excluding hydrogens is 296 g/mol. The number of nitrogen functional groups attached to an aromatic ring is 1. The first-order valence-corrected chi connectivity index (χ1v) is 6.60. The third-order valence-electron chi connectivity index (χ3n) is 3.44. The van der Waals surface area contributed by atoms with Crippen LogP contribution in [-0.4, -0.2) is 30.5 Å². The maximum absolute atomic E-state index is 12.0. The van der Waals surface area contributed by atoms with Gasteiger partial charge in [-0.15, -0.1) is 12.4 Å². The van der Waals surface area contributed by atoms with E-state index in [-0.39, 0.29) is 35.3 Å². The van der Waals surface area contributed by atoms with Crippen molar-refractivity contribution in [3.63, 3.8) is 0 Å². The molecule has 0 aliphatic carbocycles. The van der Waals surface area contributed by atoms with Crippen LogP contribution >= 0.6 is 12.4 Å². The molecule has 1 fully saturated rings. The van der Waals surface area contributed by atoms with E-state index < -0.39 is 4.92 Å². The molecule has 1 atom stereocenters. The van der Waals surface area contributed by atoms with Crippen LogP contribution in [0.2, 0.25) is 0 Å². The minimum atomic E-state index is -0.586. The van der Waals surface area contributed by atoms with Crippen molar-refractivity contribution in [1.82, 2.24) is 10.6 Å². The number of halogens is 1. The Morgan fingerprint density at radius 3 is 2.90 bits per heavy atom. The highest BCUT2D eigenvalue weighted by molar-refractivity contribution is 5.95. The molecule has 0 radical (unpaired) electrons. The number of nitro benzene ring substituents is 1. The first-order chi connectivity index (χ1) is 9.58. The van der Waals surface area contributed by atoms with Gasteiger partial charge in [0.25, 0.3) is 11.6 Å². The Labute approximate surface area is 128 Å². The summed E-state index contributed by atoms with van der Waals surface area (Å²) in [7, 11) is 0. The lowest BCUT2D eigenvalue weighted by Gasteiger charge is -2.22. The molecule has 1 aliphatic rings. The zero-order valence-electron chi connectivity index (χ0n) is 11.5. The molecule has 0 saturated carbocycles. The van der Waals surface area contributed by atoms with E-state index in [2.05, 4.69) is 10.6 Å². The fourth-order valence-electron chi connectivity index (χ4n) is 2.28. The standard InChI is InChI=1S/C13H18N4O3.ClH/c14-11-4-3-10(6-12(11)17(19)20)13(18)16-8-9-2-1-5-15-7-9;/h3-4,6,9,15H,1-2,5,7-8,14H2,(H,16,18);1H. The molecule has 1 heterocycles. The van der Waals surface area contributed by atoms with Crippen molar-refractivity contribution in [2.75, 3.05) is 25.4 Å². The molecule has 0 aromatic heterocycles. The van der Waals surface area contributed by atoms with Gasteiger partial charge in [-0.05, 0) is 44.0 Å². The van der Waals surface area contributed by atoms with E-state index in [1.54, 1.807) is 0 Å². The van der Waals surface area contributed by atoms with E-state index in [0.717, 1.165) is 25.9 Å². The highest BCUT2D eigenvalue weighted by Gasteiger charge is 2.17. The molecule has 7 nitrogen and oxygen atoms in total. The molecule has 1 amide bonds. The van der Waals surface area contributed by atoms with Gasteiger partial charge in [-0.3, -0.25) is 14.9 Å². The zero-order chi connectivity index (χ0) is 14.5. The Balaban J connectivity index is 0.00000220. The number of anilines is 1. The lowest BCUT2D eigenvalue weighted by molar-refractivity contribution is -0.383. The molecule has 21 heavy (non-hydrogen) atoms. The Hall–Kier alpha value is -1.86. The number of benzene rings is 1. The second-order valence-electron chi connectivity index (χ2n) is 4.95. The van der Waals surface area contributed by atoms with Crippen LogP contribution < -0.4 is 16.4 Å². The Bertz CT molecular complexity index is 518. The molecule has 1 unspecified atom stereocenters. The highest BCUT2D eigenvalue weighted by atomic mass is 35.5. The maximum Gasteiger partial charge on any atom is 0.292 e. The Kier molecular flexibility index (Phi) is 6.39. The van der Waals surface area contributed by atoms with Crippen molar-refractivity contribution in [1.29, 1.82) is 0 Å². The molecule has 8 heteroatoms. The summed E-state index contributed by atoms with van der Waals surface area (Å²) < 4.78 is 0.